The van der Waals surface area contributed by atoms with Gasteiger partial charge in [-0.25, -0.2) is 4.98 Å². The maximum Gasteiger partial charge on any atom is 0.259 e. The molecular formula is C18H22N6O2. The molecule has 0 fully saturated rings. The first-order valence-electron chi connectivity index (χ1n) is 8.95. The first-order valence-corrected chi connectivity index (χ1v) is 8.95. The van der Waals surface area contributed by atoms with Gasteiger partial charge in [0.25, 0.3) is 11.6 Å². The van der Waals surface area contributed by atoms with E-state index in [0.29, 0.717) is 22.4 Å². The summed E-state index contributed by atoms with van der Waals surface area (Å²) in [6.45, 7) is 7.87. The maximum atomic E-state index is 13.2. The lowest BCUT2D eigenvalue weighted by Gasteiger charge is -2.18. The van der Waals surface area contributed by atoms with Crippen molar-refractivity contribution in [1.82, 2.24) is 30.2 Å². The number of aryl methyl sites for hydroxylation is 2. The van der Waals surface area contributed by atoms with E-state index in [1.54, 1.807) is 6.33 Å². The molecule has 0 aliphatic heterocycles. The number of hydrogen-bond acceptors (Lipinski definition) is 6. The molecule has 0 bridgehead atoms. The van der Waals surface area contributed by atoms with Gasteiger partial charge in [0.2, 0.25) is 0 Å². The van der Waals surface area contributed by atoms with Crippen molar-refractivity contribution in [2.24, 2.45) is 0 Å². The van der Waals surface area contributed by atoms with E-state index in [1.807, 2.05) is 18.4 Å². The Morgan fingerprint density at radius 3 is 2.88 bits per heavy atom. The molecular weight excluding hydrogens is 332 g/mol. The Bertz CT molecular complexity index is 987. The molecule has 0 saturated heterocycles. The van der Waals surface area contributed by atoms with Crippen LogP contribution in [-0.4, -0.2) is 30.8 Å². The van der Waals surface area contributed by atoms with Gasteiger partial charge in [-0.15, -0.1) is 10.2 Å². The second-order valence-electron chi connectivity index (χ2n) is 7.10. The van der Waals surface area contributed by atoms with Crippen molar-refractivity contribution in [2.75, 3.05) is 0 Å². The number of carbonyl (C=O) groups excluding carboxylic acids is 1. The first-order chi connectivity index (χ1) is 12.5. The number of amides is 1. The SMILES string of the molecule is Cc1noc2nc3c(c(C(=O)NC(C)c4nncn4C(C)C)c12)CCC3. The smallest absolute Gasteiger partial charge is 0.259 e. The van der Waals surface area contributed by atoms with E-state index in [9.17, 15) is 4.79 Å². The van der Waals surface area contributed by atoms with Crippen molar-refractivity contribution in [3.63, 3.8) is 0 Å². The standard InChI is InChI=1S/C18H22N6O2/c1-9(2)24-8-19-22-16(24)11(4)20-17(25)15-12-6-5-7-13(12)21-18-14(15)10(3)23-26-18/h8-9,11H,5-7H2,1-4H3,(H,20,25). The highest BCUT2D eigenvalue weighted by Crippen LogP contribution is 2.32. The lowest BCUT2D eigenvalue weighted by atomic mass is 10.0. The summed E-state index contributed by atoms with van der Waals surface area (Å²) in [5.41, 5.74) is 3.72. The van der Waals surface area contributed by atoms with Crippen molar-refractivity contribution < 1.29 is 9.32 Å². The molecule has 0 saturated carbocycles. The van der Waals surface area contributed by atoms with E-state index in [4.69, 9.17) is 4.52 Å². The third-order valence-corrected chi connectivity index (χ3v) is 4.94. The van der Waals surface area contributed by atoms with Crippen LogP contribution in [0.1, 0.15) is 72.4 Å². The third-order valence-electron chi connectivity index (χ3n) is 4.94. The second-order valence-corrected chi connectivity index (χ2v) is 7.10. The van der Waals surface area contributed by atoms with Gasteiger partial charge < -0.3 is 14.4 Å². The zero-order valence-corrected chi connectivity index (χ0v) is 15.4. The average molecular weight is 354 g/mol. The summed E-state index contributed by atoms with van der Waals surface area (Å²) in [4.78, 5) is 17.7. The van der Waals surface area contributed by atoms with Crippen LogP contribution in [0.25, 0.3) is 11.1 Å². The predicted molar refractivity (Wildman–Crippen MR) is 94.9 cm³/mol. The molecule has 1 aliphatic rings. The molecule has 3 aromatic heterocycles. The van der Waals surface area contributed by atoms with Gasteiger partial charge in [-0.3, -0.25) is 4.79 Å². The minimum absolute atomic E-state index is 0.146. The molecule has 1 amide bonds. The summed E-state index contributed by atoms with van der Waals surface area (Å²) in [6, 6.07) is -0.0515. The Morgan fingerprint density at radius 2 is 2.12 bits per heavy atom. The van der Waals surface area contributed by atoms with E-state index in [1.165, 1.54) is 0 Å². The van der Waals surface area contributed by atoms with Crippen LogP contribution in [-0.2, 0) is 12.8 Å². The number of rotatable bonds is 4. The Kier molecular flexibility index (Phi) is 3.97. The quantitative estimate of drug-likeness (QED) is 0.773. The molecule has 8 nitrogen and oxygen atoms in total. The Balaban J connectivity index is 1.73. The Hall–Kier alpha value is -2.77. The van der Waals surface area contributed by atoms with Gasteiger partial charge in [0.1, 0.15) is 6.33 Å². The van der Waals surface area contributed by atoms with Crippen LogP contribution in [0.5, 0.6) is 0 Å². The molecule has 26 heavy (non-hydrogen) atoms. The number of aromatic nitrogens is 5. The number of nitrogens with zero attached hydrogens (tertiary/aromatic N) is 5. The lowest BCUT2D eigenvalue weighted by Crippen LogP contribution is -2.30. The van der Waals surface area contributed by atoms with Crippen LogP contribution in [0, 0.1) is 6.92 Å². The molecule has 1 aliphatic carbocycles. The summed E-state index contributed by atoms with van der Waals surface area (Å²) < 4.78 is 7.29. The molecule has 8 heteroatoms. The van der Waals surface area contributed by atoms with Gasteiger partial charge in [0.05, 0.1) is 22.7 Å². The molecule has 0 radical (unpaired) electrons. The van der Waals surface area contributed by atoms with Gasteiger partial charge >= 0.3 is 0 Å². The maximum absolute atomic E-state index is 13.2. The fourth-order valence-corrected chi connectivity index (χ4v) is 3.66. The third kappa shape index (κ3) is 2.56. The molecule has 3 aromatic rings. The first kappa shape index (κ1) is 16.7. The van der Waals surface area contributed by atoms with E-state index in [2.05, 4.69) is 39.5 Å². The van der Waals surface area contributed by atoms with Crippen LogP contribution < -0.4 is 5.32 Å². The summed E-state index contributed by atoms with van der Waals surface area (Å²) in [7, 11) is 0. The monoisotopic (exact) mass is 354 g/mol. The number of pyridine rings is 1. The molecule has 0 spiro atoms. The highest BCUT2D eigenvalue weighted by Gasteiger charge is 2.28. The molecule has 1 atom stereocenters. The molecule has 3 heterocycles. The molecule has 136 valence electrons. The minimum Gasteiger partial charge on any atom is -0.342 e. The average Bonchev–Trinajstić information content (AvgIpc) is 3.32. The van der Waals surface area contributed by atoms with Gasteiger partial charge in [-0.2, -0.15) is 0 Å². The summed E-state index contributed by atoms with van der Waals surface area (Å²) >= 11 is 0. The molecule has 0 aromatic carbocycles. The van der Waals surface area contributed by atoms with Crippen LogP contribution in [0.3, 0.4) is 0 Å². The van der Waals surface area contributed by atoms with Crippen LogP contribution in [0.15, 0.2) is 10.9 Å². The molecule has 1 unspecified atom stereocenters. The largest absolute Gasteiger partial charge is 0.342 e. The second kappa shape index (κ2) is 6.19. The van der Waals surface area contributed by atoms with Crippen molar-refractivity contribution >= 4 is 17.0 Å². The summed E-state index contributed by atoms with van der Waals surface area (Å²) in [6.07, 6.45) is 4.40. The van der Waals surface area contributed by atoms with E-state index < -0.39 is 0 Å². The minimum atomic E-state index is -0.271. The van der Waals surface area contributed by atoms with Crippen molar-refractivity contribution in [2.45, 2.75) is 59.0 Å². The summed E-state index contributed by atoms with van der Waals surface area (Å²) in [5, 5.41) is 16.0. The van der Waals surface area contributed by atoms with Crippen LogP contribution >= 0.6 is 0 Å². The predicted octanol–water partition coefficient (Wildman–Crippen LogP) is 2.68. The topological polar surface area (TPSA) is 98.7 Å². The Labute approximate surface area is 151 Å². The molecule has 1 N–H and O–H groups in total. The van der Waals surface area contributed by atoms with Crippen molar-refractivity contribution in [1.29, 1.82) is 0 Å². The fraction of sp³-hybridized carbons (Fsp3) is 0.500. The molecule has 4 rings (SSSR count). The van der Waals surface area contributed by atoms with Crippen molar-refractivity contribution in [3.05, 3.63) is 34.7 Å². The zero-order valence-electron chi connectivity index (χ0n) is 15.4. The van der Waals surface area contributed by atoms with Gasteiger partial charge in [0, 0.05) is 11.7 Å². The zero-order chi connectivity index (χ0) is 18.4. The number of nitrogens with one attached hydrogen (secondary N) is 1. The number of carbonyl (C=O) groups is 1. The lowest BCUT2D eigenvalue weighted by molar-refractivity contribution is 0.0938. The van der Waals surface area contributed by atoms with Crippen LogP contribution in [0.4, 0.5) is 0 Å². The summed E-state index contributed by atoms with van der Waals surface area (Å²) in [5.74, 6) is 0.588. The van der Waals surface area contributed by atoms with Crippen molar-refractivity contribution in [3.8, 4) is 0 Å². The highest BCUT2D eigenvalue weighted by molar-refractivity contribution is 6.07. The van der Waals surface area contributed by atoms with E-state index in [0.717, 1.165) is 36.3 Å². The van der Waals surface area contributed by atoms with Gasteiger partial charge in [-0.05, 0) is 52.5 Å². The van der Waals surface area contributed by atoms with Gasteiger partial charge in [0.15, 0.2) is 5.82 Å². The highest BCUT2D eigenvalue weighted by atomic mass is 16.5. The Morgan fingerprint density at radius 1 is 1.31 bits per heavy atom. The van der Waals surface area contributed by atoms with Gasteiger partial charge in [-0.1, -0.05) is 5.16 Å². The number of fused-ring (bicyclic) bond motifs is 2. The van der Waals surface area contributed by atoms with E-state index >= 15 is 0 Å². The fourth-order valence-electron chi connectivity index (χ4n) is 3.66. The van der Waals surface area contributed by atoms with Crippen LogP contribution in [0.2, 0.25) is 0 Å². The van der Waals surface area contributed by atoms with E-state index in [-0.39, 0.29) is 18.0 Å². The normalized spacial score (nSPS) is 14.8. The number of hydrogen-bond donors (Lipinski definition) is 1.